The van der Waals surface area contributed by atoms with Gasteiger partial charge in [0.05, 0.1) is 0 Å². The number of hydrogen-bond acceptors (Lipinski definition) is 3. The highest BCUT2D eigenvalue weighted by Crippen LogP contribution is 2.23. The van der Waals surface area contributed by atoms with Crippen LogP contribution >= 0.6 is 0 Å². The molecule has 1 heterocycles. The van der Waals surface area contributed by atoms with Crippen molar-refractivity contribution in [2.24, 2.45) is 0 Å². The van der Waals surface area contributed by atoms with Crippen molar-refractivity contribution in [3.8, 4) is 0 Å². The molecule has 0 fully saturated rings. The highest BCUT2D eigenvalue weighted by molar-refractivity contribution is 5.96. The molecule has 5 nitrogen and oxygen atoms in total. The molecule has 5 heteroatoms. The molecule has 0 bridgehead atoms. The summed E-state index contributed by atoms with van der Waals surface area (Å²) in [5.41, 5.74) is 1.85. The van der Waals surface area contributed by atoms with E-state index in [4.69, 9.17) is 4.74 Å². The topological polar surface area (TPSA) is 62.4 Å². The standard InChI is InChI=1S/C21H22N2O3/c1-3-23(4-2)20(24)19(15-10-6-5-7-11-15)26-21(25)18-14-16-12-8-9-13-17(16)22-18/h5-14,19,22H,3-4H2,1-2H3/t19-/m0/s1. The molecule has 0 saturated heterocycles. The van der Waals surface area contributed by atoms with Crippen molar-refractivity contribution in [2.45, 2.75) is 20.0 Å². The first-order chi connectivity index (χ1) is 12.6. The molecule has 0 spiro atoms. The Morgan fingerprint density at radius 2 is 1.65 bits per heavy atom. The first-order valence-corrected chi connectivity index (χ1v) is 8.76. The predicted octanol–water partition coefficient (Wildman–Crippen LogP) is 3.93. The summed E-state index contributed by atoms with van der Waals surface area (Å²) >= 11 is 0. The number of esters is 1. The third-order valence-electron chi connectivity index (χ3n) is 4.38. The van der Waals surface area contributed by atoms with Crippen molar-refractivity contribution < 1.29 is 14.3 Å². The van der Waals surface area contributed by atoms with Crippen LogP contribution in [0, 0.1) is 0 Å². The van der Waals surface area contributed by atoms with Crippen LogP contribution in [0.2, 0.25) is 0 Å². The normalized spacial score (nSPS) is 11.9. The number of likely N-dealkylation sites (N-methyl/N-ethyl adjacent to an activating group) is 1. The van der Waals surface area contributed by atoms with Crippen molar-refractivity contribution >= 4 is 22.8 Å². The number of aromatic amines is 1. The summed E-state index contributed by atoms with van der Waals surface area (Å²) in [5.74, 6) is -0.763. The number of carbonyl (C=O) groups is 2. The number of benzene rings is 2. The van der Waals surface area contributed by atoms with Crippen molar-refractivity contribution in [1.82, 2.24) is 9.88 Å². The van der Waals surface area contributed by atoms with Gasteiger partial charge in [-0.1, -0.05) is 48.5 Å². The molecule has 134 valence electrons. The van der Waals surface area contributed by atoms with Gasteiger partial charge in [-0.05, 0) is 26.0 Å². The number of para-hydroxylation sites is 1. The summed E-state index contributed by atoms with van der Waals surface area (Å²) in [6.45, 7) is 4.93. The molecular weight excluding hydrogens is 328 g/mol. The highest BCUT2D eigenvalue weighted by atomic mass is 16.5. The molecule has 3 aromatic rings. The van der Waals surface area contributed by atoms with Crippen molar-refractivity contribution in [2.75, 3.05) is 13.1 Å². The maximum absolute atomic E-state index is 12.9. The number of nitrogens with zero attached hydrogens (tertiary/aromatic N) is 1. The van der Waals surface area contributed by atoms with Gasteiger partial charge in [-0.2, -0.15) is 0 Å². The van der Waals surface area contributed by atoms with E-state index in [2.05, 4.69) is 4.98 Å². The number of nitrogens with one attached hydrogen (secondary N) is 1. The average molecular weight is 350 g/mol. The fourth-order valence-electron chi connectivity index (χ4n) is 2.94. The Labute approximate surface area is 152 Å². The van der Waals surface area contributed by atoms with E-state index < -0.39 is 12.1 Å². The molecule has 0 aliphatic rings. The van der Waals surface area contributed by atoms with E-state index in [1.165, 1.54) is 0 Å². The second-order valence-corrected chi connectivity index (χ2v) is 5.98. The van der Waals surface area contributed by atoms with Gasteiger partial charge < -0.3 is 14.6 Å². The second kappa shape index (κ2) is 7.87. The molecule has 1 aromatic heterocycles. The Balaban J connectivity index is 1.89. The molecular formula is C21H22N2O3. The number of H-pyrrole nitrogens is 1. The number of hydrogen-bond donors (Lipinski definition) is 1. The lowest BCUT2D eigenvalue weighted by Crippen LogP contribution is -2.36. The molecule has 1 N–H and O–H groups in total. The number of carbonyl (C=O) groups excluding carboxylic acids is 2. The Bertz CT molecular complexity index is 865. The molecule has 3 rings (SSSR count). The van der Waals surface area contributed by atoms with Crippen LogP contribution in [-0.4, -0.2) is 34.8 Å². The van der Waals surface area contributed by atoms with Crippen molar-refractivity contribution in [3.05, 3.63) is 71.9 Å². The lowest BCUT2D eigenvalue weighted by molar-refractivity contribution is -0.140. The molecule has 0 unspecified atom stereocenters. The molecule has 1 atom stereocenters. The molecule has 0 radical (unpaired) electrons. The molecule has 0 aliphatic heterocycles. The summed E-state index contributed by atoms with van der Waals surface area (Å²) in [4.78, 5) is 30.3. The molecule has 0 aliphatic carbocycles. The summed E-state index contributed by atoms with van der Waals surface area (Å²) < 4.78 is 5.64. The zero-order valence-corrected chi connectivity index (χ0v) is 14.9. The van der Waals surface area contributed by atoms with E-state index in [0.717, 1.165) is 10.9 Å². The lowest BCUT2D eigenvalue weighted by Gasteiger charge is -2.25. The second-order valence-electron chi connectivity index (χ2n) is 5.98. The number of fused-ring (bicyclic) bond motifs is 1. The quantitative estimate of drug-likeness (QED) is 0.685. The third-order valence-corrected chi connectivity index (χ3v) is 4.38. The fourth-order valence-corrected chi connectivity index (χ4v) is 2.94. The first-order valence-electron chi connectivity index (χ1n) is 8.76. The van der Waals surface area contributed by atoms with Crippen molar-refractivity contribution in [3.63, 3.8) is 0 Å². The van der Waals surface area contributed by atoms with E-state index in [9.17, 15) is 9.59 Å². The van der Waals surface area contributed by atoms with E-state index in [-0.39, 0.29) is 5.91 Å². The number of ether oxygens (including phenoxy) is 1. The monoisotopic (exact) mass is 350 g/mol. The molecule has 26 heavy (non-hydrogen) atoms. The number of aromatic nitrogens is 1. The van der Waals surface area contributed by atoms with Gasteiger partial charge in [-0.3, -0.25) is 4.79 Å². The Hall–Kier alpha value is -3.08. The smallest absolute Gasteiger partial charge is 0.355 e. The number of amides is 1. The third kappa shape index (κ3) is 3.61. The van der Waals surface area contributed by atoms with Crippen LogP contribution in [0.4, 0.5) is 0 Å². The minimum Gasteiger partial charge on any atom is -0.443 e. The van der Waals surface area contributed by atoms with Gasteiger partial charge in [0.25, 0.3) is 5.91 Å². The van der Waals surface area contributed by atoms with Crippen LogP contribution in [0.15, 0.2) is 60.7 Å². The van der Waals surface area contributed by atoms with Gasteiger partial charge in [-0.25, -0.2) is 4.79 Å². The summed E-state index contributed by atoms with van der Waals surface area (Å²) in [6.07, 6.45) is -0.963. The van der Waals surface area contributed by atoms with Crippen LogP contribution in [-0.2, 0) is 9.53 Å². The zero-order valence-electron chi connectivity index (χ0n) is 14.9. The van der Waals surface area contributed by atoms with Crippen LogP contribution in [0.1, 0.15) is 36.0 Å². The van der Waals surface area contributed by atoms with Gasteiger partial charge in [0.2, 0.25) is 6.10 Å². The Morgan fingerprint density at radius 3 is 2.31 bits per heavy atom. The largest absolute Gasteiger partial charge is 0.443 e. The van der Waals surface area contributed by atoms with Gasteiger partial charge in [-0.15, -0.1) is 0 Å². The van der Waals surface area contributed by atoms with Crippen LogP contribution in [0.25, 0.3) is 10.9 Å². The first kappa shape index (κ1) is 17.7. The summed E-state index contributed by atoms with van der Waals surface area (Å²) in [7, 11) is 0. The van der Waals surface area contributed by atoms with Gasteiger partial charge >= 0.3 is 5.97 Å². The Kier molecular flexibility index (Phi) is 5.37. The van der Waals surface area contributed by atoms with Crippen LogP contribution < -0.4 is 0 Å². The van der Waals surface area contributed by atoms with Crippen LogP contribution in [0.5, 0.6) is 0 Å². The minimum atomic E-state index is -0.963. The maximum atomic E-state index is 12.9. The van der Waals surface area contributed by atoms with E-state index >= 15 is 0 Å². The van der Waals surface area contributed by atoms with Crippen molar-refractivity contribution in [1.29, 1.82) is 0 Å². The predicted molar refractivity (Wildman–Crippen MR) is 101 cm³/mol. The molecule has 1 amide bonds. The highest BCUT2D eigenvalue weighted by Gasteiger charge is 2.29. The Morgan fingerprint density at radius 1 is 1.00 bits per heavy atom. The fraction of sp³-hybridized carbons (Fsp3) is 0.238. The van der Waals surface area contributed by atoms with Gasteiger partial charge in [0.1, 0.15) is 5.69 Å². The minimum absolute atomic E-state index is 0.217. The van der Waals surface area contributed by atoms with E-state index in [0.29, 0.717) is 24.3 Å². The maximum Gasteiger partial charge on any atom is 0.355 e. The van der Waals surface area contributed by atoms with Gasteiger partial charge in [0, 0.05) is 29.6 Å². The van der Waals surface area contributed by atoms with E-state index in [1.54, 1.807) is 23.1 Å². The van der Waals surface area contributed by atoms with E-state index in [1.807, 2.05) is 56.3 Å². The van der Waals surface area contributed by atoms with Gasteiger partial charge in [0.15, 0.2) is 0 Å². The number of rotatable bonds is 6. The summed E-state index contributed by atoms with van der Waals surface area (Å²) in [6, 6.07) is 18.5. The SMILES string of the molecule is CCN(CC)C(=O)[C@@H](OC(=O)c1cc2ccccc2[nH]1)c1ccccc1. The average Bonchev–Trinajstić information content (AvgIpc) is 3.12. The zero-order chi connectivity index (χ0) is 18.5. The molecule has 2 aromatic carbocycles. The lowest BCUT2D eigenvalue weighted by atomic mass is 10.1. The van der Waals surface area contributed by atoms with Crippen LogP contribution in [0.3, 0.4) is 0 Å². The molecule has 0 saturated carbocycles. The summed E-state index contributed by atoms with van der Waals surface area (Å²) in [5, 5.41) is 0.922.